The number of aryl methyl sites for hydroxylation is 1. The predicted octanol–water partition coefficient (Wildman–Crippen LogP) is 3.99. The lowest BCUT2D eigenvalue weighted by Crippen LogP contribution is -2.33. The summed E-state index contributed by atoms with van der Waals surface area (Å²) in [7, 11) is 0. The second kappa shape index (κ2) is 7.31. The summed E-state index contributed by atoms with van der Waals surface area (Å²) in [6, 6.07) is 18.4. The molecule has 146 valence electrons. The molecule has 0 unspecified atom stereocenters. The number of fused-ring (bicyclic) bond motifs is 1. The molecule has 2 saturated heterocycles. The molecule has 3 heterocycles. The number of hydrogen-bond donors (Lipinski definition) is 0. The molecule has 0 radical (unpaired) electrons. The highest BCUT2D eigenvalue weighted by Crippen LogP contribution is 2.46. The van der Waals surface area contributed by atoms with Crippen LogP contribution in [0.5, 0.6) is 0 Å². The van der Waals surface area contributed by atoms with Crippen molar-refractivity contribution in [1.82, 2.24) is 14.7 Å². The number of hydrogen-bond acceptors (Lipinski definition) is 4. The molecule has 5 rings (SSSR count). The number of amides is 1. The topological polar surface area (TPSA) is 41.4 Å². The van der Waals surface area contributed by atoms with Gasteiger partial charge in [0.25, 0.3) is 5.91 Å². The highest BCUT2D eigenvalue weighted by Gasteiger charge is 2.51. The van der Waals surface area contributed by atoms with Crippen molar-refractivity contribution in [2.45, 2.75) is 24.9 Å². The molecule has 29 heavy (non-hydrogen) atoms. The van der Waals surface area contributed by atoms with E-state index in [1.807, 2.05) is 29.1 Å². The molecule has 3 aromatic rings. The molecule has 1 aromatic heterocycles. The third kappa shape index (κ3) is 3.24. The van der Waals surface area contributed by atoms with Crippen LogP contribution in [0.25, 0.3) is 0 Å². The Morgan fingerprint density at radius 3 is 2.66 bits per heavy atom. The van der Waals surface area contributed by atoms with E-state index in [1.54, 1.807) is 22.9 Å². The van der Waals surface area contributed by atoms with Gasteiger partial charge >= 0.3 is 0 Å². The highest BCUT2D eigenvalue weighted by molar-refractivity contribution is 7.99. The first kappa shape index (κ1) is 18.4. The van der Waals surface area contributed by atoms with Crippen LogP contribution < -0.4 is 4.90 Å². The van der Waals surface area contributed by atoms with E-state index in [4.69, 9.17) is 12.2 Å². The Bertz CT molecular complexity index is 1060. The zero-order valence-corrected chi connectivity index (χ0v) is 17.6. The number of thioether (sulfide) groups is 1. The lowest BCUT2D eigenvalue weighted by atomic mass is 10.1. The monoisotopic (exact) mass is 420 g/mol. The minimum atomic E-state index is -0.212. The molecule has 0 bridgehead atoms. The third-order valence-electron chi connectivity index (χ3n) is 5.35. The van der Waals surface area contributed by atoms with E-state index < -0.39 is 0 Å². The van der Waals surface area contributed by atoms with E-state index in [9.17, 15) is 4.79 Å². The average molecular weight is 421 g/mol. The van der Waals surface area contributed by atoms with E-state index in [-0.39, 0.29) is 17.3 Å². The number of benzene rings is 2. The molecule has 0 aliphatic carbocycles. The molecule has 5 nitrogen and oxygen atoms in total. The Kier molecular flexibility index (Phi) is 4.64. The molecular formula is C22H20N4OS2. The normalized spacial score (nSPS) is 21.1. The van der Waals surface area contributed by atoms with E-state index in [0.717, 1.165) is 17.0 Å². The summed E-state index contributed by atoms with van der Waals surface area (Å²) >= 11 is 7.53. The van der Waals surface area contributed by atoms with Gasteiger partial charge in [-0.05, 0) is 30.3 Å². The molecular weight excluding hydrogens is 400 g/mol. The van der Waals surface area contributed by atoms with E-state index >= 15 is 0 Å². The first-order valence-electron chi connectivity index (χ1n) is 9.52. The van der Waals surface area contributed by atoms with Crippen LogP contribution >= 0.6 is 24.0 Å². The number of anilines is 1. The summed E-state index contributed by atoms with van der Waals surface area (Å²) in [5.74, 6) is 0.781. The Hall–Kier alpha value is -2.64. The molecule has 2 atom stereocenters. The second-order valence-electron chi connectivity index (χ2n) is 7.36. The standard InChI is InChI=1S/C22H20N4OS2/c1-15-7-9-17(10-8-15)21-26-19(14-29-21)20(27)25(22(26)28)18-11-23-24(13-18)12-16-5-3-2-4-6-16/h2-11,13,19,21H,12,14H2,1H3/t19-,21-/m0/s1. The van der Waals surface area contributed by atoms with Crippen molar-refractivity contribution in [1.29, 1.82) is 0 Å². The minimum Gasteiger partial charge on any atom is -0.319 e. The number of nitrogens with zero attached hydrogens (tertiary/aromatic N) is 4. The van der Waals surface area contributed by atoms with Crippen LogP contribution in [0.3, 0.4) is 0 Å². The fourth-order valence-corrected chi connectivity index (χ4v) is 5.76. The predicted molar refractivity (Wildman–Crippen MR) is 120 cm³/mol. The van der Waals surface area contributed by atoms with Gasteiger partial charge in [-0.15, -0.1) is 11.8 Å². The van der Waals surface area contributed by atoms with E-state index in [2.05, 4.69) is 53.3 Å². The molecule has 0 spiro atoms. The third-order valence-corrected chi connectivity index (χ3v) is 7.06. The Morgan fingerprint density at radius 2 is 1.90 bits per heavy atom. The summed E-state index contributed by atoms with van der Waals surface area (Å²) in [6.07, 6.45) is 3.62. The fourth-order valence-electron chi connectivity index (χ4n) is 3.84. The molecule has 7 heteroatoms. The Labute approximate surface area is 179 Å². The highest BCUT2D eigenvalue weighted by atomic mass is 32.2. The largest absolute Gasteiger partial charge is 0.319 e. The second-order valence-corrected chi connectivity index (χ2v) is 8.84. The minimum absolute atomic E-state index is 0.0383. The first-order valence-corrected chi connectivity index (χ1v) is 11.0. The van der Waals surface area contributed by atoms with Gasteiger partial charge in [0.1, 0.15) is 11.4 Å². The van der Waals surface area contributed by atoms with Crippen molar-refractivity contribution in [3.8, 4) is 0 Å². The van der Waals surface area contributed by atoms with Crippen LogP contribution in [0.4, 0.5) is 5.69 Å². The summed E-state index contributed by atoms with van der Waals surface area (Å²) in [5, 5.41) is 5.08. The van der Waals surface area contributed by atoms with Crippen LogP contribution in [0.2, 0.25) is 0 Å². The molecule has 2 fully saturated rings. The van der Waals surface area contributed by atoms with Crippen molar-refractivity contribution in [3.05, 3.63) is 83.7 Å². The van der Waals surface area contributed by atoms with Gasteiger partial charge in [0.15, 0.2) is 5.11 Å². The number of thiocarbonyl (C=S) groups is 1. The summed E-state index contributed by atoms with van der Waals surface area (Å²) < 4.78 is 1.84. The van der Waals surface area contributed by atoms with E-state index in [0.29, 0.717) is 11.7 Å². The van der Waals surface area contributed by atoms with Crippen LogP contribution in [0.15, 0.2) is 67.0 Å². The Balaban J connectivity index is 1.39. The first-order chi connectivity index (χ1) is 14.1. The number of carbonyl (C=O) groups is 1. The van der Waals surface area contributed by atoms with Crippen molar-refractivity contribution >= 4 is 40.7 Å². The van der Waals surface area contributed by atoms with Gasteiger partial charge in [-0.3, -0.25) is 14.4 Å². The van der Waals surface area contributed by atoms with Crippen LogP contribution in [-0.2, 0) is 11.3 Å². The van der Waals surface area contributed by atoms with Crippen LogP contribution in [0, 0.1) is 6.92 Å². The van der Waals surface area contributed by atoms with Gasteiger partial charge in [0, 0.05) is 11.9 Å². The van der Waals surface area contributed by atoms with Crippen LogP contribution in [-0.4, -0.2) is 37.5 Å². The smallest absolute Gasteiger partial charge is 0.257 e. The number of carbonyl (C=O) groups excluding carboxylic acids is 1. The van der Waals surface area contributed by atoms with Gasteiger partial charge in [0.05, 0.1) is 18.4 Å². The molecule has 2 aliphatic rings. The van der Waals surface area contributed by atoms with Gasteiger partial charge in [-0.2, -0.15) is 5.10 Å². The summed E-state index contributed by atoms with van der Waals surface area (Å²) in [6.45, 7) is 2.73. The van der Waals surface area contributed by atoms with Crippen molar-refractivity contribution in [2.24, 2.45) is 0 Å². The van der Waals surface area contributed by atoms with Gasteiger partial charge < -0.3 is 4.90 Å². The van der Waals surface area contributed by atoms with Crippen LogP contribution in [0.1, 0.15) is 22.1 Å². The zero-order chi connectivity index (χ0) is 20.0. The van der Waals surface area contributed by atoms with Crippen molar-refractivity contribution < 1.29 is 4.79 Å². The van der Waals surface area contributed by atoms with Gasteiger partial charge in [-0.1, -0.05) is 60.2 Å². The lowest BCUT2D eigenvalue weighted by molar-refractivity contribution is -0.119. The van der Waals surface area contributed by atoms with Gasteiger partial charge in [-0.25, -0.2) is 0 Å². The summed E-state index contributed by atoms with van der Waals surface area (Å²) in [4.78, 5) is 16.9. The molecule has 1 amide bonds. The molecule has 2 aliphatic heterocycles. The maximum absolute atomic E-state index is 13.1. The van der Waals surface area contributed by atoms with Crippen molar-refractivity contribution in [3.63, 3.8) is 0 Å². The maximum atomic E-state index is 13.1. The van der Waals surface area contributed by atoms with Gasteiger partial charge in [0.2, 0.25) is 0 Å². The fraction of sp³-hybridized carbons (Fsp3) is 0.227. The average Bonchev–Trinajstić information content (AvgIpc) is 3.41. The zero-order valence-electron chi connectivity index (χ0n) is 15.9. The van der Waals surface area contributed by atoms with E-state index in [1.165, 1.54) is 11.1 Å². The molecule has 2 aromatic carbocycles. The quantitative estimate of drug-likeness (QED) is 0.597. The number of rotatable bonds is 4. The van der Waals surface area contributed by atoms with Crippen molar-refractivity contribution in [2.75, 3.05) is 10.7 Å². The summed E-state index contributed by atoms with van der Waals surface area (Å²) in [5.41, 5.74) is 4.30. The molecule has 0 saturated carbocycles. The maximum Gasteiger partial charge on any atom is 0.257 e. The number of aromatic nitrogens is 2. The SMILES string of the molecule is Cc1ccc([C@@H]2SC[C@H]3C(=O)N(c4cnn(Cc5ccccc5)c4)C(=S)N32)cc1. The molecule has 0 N–H and O–H groups in total. The lowest BCUT2D eigenvalue weighted by Gasteiger charge is -2.25. The Morgan fingerprint density at radius 1 is 1.14 bits per heavy atom.